The van der Waals surface area contributed by atoms with Crippen molar-refractivity contribution in [2.75, 3.05) is 6.54 Å². The van der Waals surface area contributed by atoms with Gasteiger partial charge in [-0.05, 0) is 0 Å². The lowest BCUT2D eigenvalue weighted by atomic mass is 10.5. The fourth-order valence-corrected chi connectivity index (χ4v) is 0.379. The van der Waals surface area contributed by atoms with Gasteiger partial charge in [-0.1, -0.05) is 6.08 Å². The van der Waals surface area contributed by atoms with Crippen molar-refractivity contribution >= 4 is 0 Å². The van der Waals surface area contributed by atoms with Crippen molar-refractivity contribution < 1.29 is 0 Å². The van der Waals surface area contributed by atoms with E-state index in [2.05, 4.69) is 6.58 Å². The average molecular weight is 84.1 g/mol. The van der Waals surface area contributed by atoms with E-state index >= 15 is 0 Å². The second kappa shape index (κ2) is 1.06. The van der Waals surface area contributed by atoms with Crippen LogP contribution in [0.25, 0.3) is 0 Å². The van der Waals surface area contributed by atoms with Gasteiger partial charge in [0.25, 0.3) is 0 Å². The van der Waals surface area contributed by atoms with Gasteiger partial charge in [-0.25, -0.2) is 5.01 Å². The average Bonchev–Trinajstić information content (AvgIpc) is 2.19. The van der Waals surface area contributed by atoms with Crippen molar-refractivity contribution in [1.29, 1.82) is 0 Å². The number of hydrogen-bond acceptors (Lipinski definition) is 2. The van der Waals surface area contributed by atoms with Gasteiger partial charge in [-0.2, -0.15) is 0 Å². The van der Waals surface area contributed by atoms with Crippen LogP contribution in [0.3, 0.4) is 0 Å². The van der Waals surface area contributed by atoms with Gasteiger partial charge in [0.15, 0.2) is 0 Å². The Hall–Kier alpha value is -0.340. The summed E-state index contributed by atoms with van der Waals surface area (Å²) in [6.45, 7) is 4.54. The predicted octanol–water partition coefficient (Wildman–Crippen LogP) is -0.270. The molecule has 2 heteroatoms. The van der Waals surface area contributed by atoms with Gasteiger partial charge in [0.1, 0.15) is 0 Å². The van der Waals surface area contributed by atoms with Gasteiger partial charge >= 0.3 is 0 Å². The summed E-state index contributed by atoms with van der Waals surface area (Å²) in [4.78, 5) is 0. The monoisotopic (exact) mass is 84.1 g/mol. The molecule has 1 saturated heterocycles. The van der Waals surface area contributed by atoms with E-state index in [-0.39, 0.29) is 0 Å². The largest absolute Gasteiger partial charge is 0.268 e. The van der Waals surface area contributed by atoms with E-state index in [9.17, 15) is 0 Å². The Morgan fingerprint density at radius 3 is 2.50 bits per heavy atom. The van der Waals surface area contributed by atoms with Crippen LogP contribution in [-0.4, -0.2) is 17.6 Å². The summed E-state index contributed by atoms with van der Waals surface area (Å²) in [6, 6.07) is 0.477. The van der Waals surface area contributed by atoms with E-state index in [0.717, 1.165) is 6.54 Å². The first-order valence-electron chi connectivity index (χ1n) is 1.98. The minimum Gasteiger partial charge on any atom is -0.268 e. The summed E-state index contributed by atoms with van der Waals surface area (Å²) >= 11 is 0. The van der Waals surface area contributed by atoms with E-state index in [1.165, 1.54) is 0 Å². The van der Waals surface area contributed by atoms with E-state index in [1.54, 1.807) is 5.01 Å². The second-order valence-electron chi connectivity index (χ2n) is 1.50. The Morgan fingerprint density at radius 1 is 2.00 bits per heavy atom. The Bertz CT molecular complexity index is 69.9. The number of hydrogen-bond donors (Lipinski definition) is 1. The molecular weight excluding hydrogens is 76.1 g/mol. The molecule has 0 aromatic carbocycles. The number of nitrogens with zero attached hydrogens (tertiary/aromatic N) is 1. The molecule has 0 saturated carbocycles. The molecule has 0 aromatic rings. The van der Waals surface area contributed by atoms with Crippen molar-refractivity contribution in [2.45, 2.75) is 6.04 Å². The minimum atomic E-state index is 0.477. The first-order chi connectivity index (χ1) is 2.84. The third-order valence-corrected chi connectivity index (χ3v) is 0.962. The highest BCUT2D eigenvalue weighted by molar-refractivity contribution is 4.98. The molecule has 1 fully saturated rings. The van der Waals surface area contributed by atoms with Gasteiger partial charge in [0, 0.05) is 6.54 Å². The summed E-state index contributed by atoms with van der Waals surface area (Å²) in [7, 11) is 0. The topological polar surface area (TPSA) is 29.0 Å². The minimum absolute atomic E-state index is 0.477. The van der Waals surface area contributed by atoms with Crippen LogP contribution in [0, 0.1) is 0 Å². The first kappa shape index (κ1) is 3.84. The van der Waals surface area contributed by atoms with Crippen molar-refractivity contribution in [2.24, 2.45) is 5.84 Å². The number of nitrogens with two attached hydrogens (primary N) is 1. The molecule has 1 aliphatic rings. The van der Waals surface area contributed by atoms with Crippen molar-refractivity contribution in [3.8, 4) is 0 Å². The summed E-state index contributed by atoms with van der Waals surface area (Å²) in [6.07, 6.45) is 1.85. The van der Waals surface area contributed by atoms with Crippen LogP contribution >= 0.6 is 0 Å². The van der Waals surface area contributed by atoms with Gasteiger partial charge < -0.3 is 0 Å². The molecule has 0 spiro atoms. The highest BCUT2D eigenvalue weighted by Gasteiger charge is 2.26. The highest BCUT2D eigenvalue weighted by atomic mass is 15.5. The summed E-state index contributed by atoms with van der Waals surface area (Å²) < 4.78 is 0. The Morgan fingerprint density at radius 2 is 2.50 bits per heavy atom. The van der Waals surface area contributed by atoms with Gasteiger partial charge in [-0.3, -0.25) is 5.84 Å². The lowest BCUT2D eigenvalue weighted by molar-refractivity contribution is 0.571. The molecule has 6 heavy (non-hydrogen) atoms. The van der Waals surface area contributed by atoms with Crippen LogP contribution in [0.4, 0.5) is 0 Å². The Labute approximate surface area is 37.2 Å². The van der Waals surface area contributed by atoms with E-state index in [0.29, 0.717) is 6.04 Å². The molecule has 2 unspecified atom stereocenters. The SMILES string of the molecule is C=CC1CN1N. The third kappa shape index (κ3) is 0.441. The third-order valence-electron chi connectivity index (χ3n) is 0.962. The molecule has 1 rings (SSSR count). The van der Waals surface area contributed by atoms with Crippen LogP contribution in [0.2, 0.25) is 0 Å². The molecular formula is C4H8N2. The zero-order chi connectivity index (χ0) is 4.57. The molecule has 2 N–H and O–H groups in total. The quantitative estimate of drug-likeness (QED) is 0.269. The van der Waals surface area contributed by atoms with Gasteiger partial charge in [-0.15, -0.1) is 6.58 Å². The summed E-state index contributed by atoms with van der Waals surface area (Å²) in [5.74, 6) is 5.24. The van der Waals surface area contributed by atoms with Crippen molar-refractivity contribution in [1.82, 2.24) is 5.01 Å². The predicted molar refractivity (Wildman–Crippen MR) is 24.9 cm³/mol. The lowest BCUT2D eigenvalue weighted by Crippen LogP contribution is -2.07. The molecule has 2 atom stereocenters. The maximum Gasteiger partial charge on any atom is 0.0560 e. The molecule has 0 aromatic heterocycles. The molecule has 1 aliphatic heterocycles. The van der Waals surface area contributed by atoms with Gasteiger partial charge in [0.2, 0.25) is 0 Å². The van der Waals surface area contributed by atoms with E-state index in [4.69, 9.17) is 5.84 Å². The van der Waals surface area contributed by atoms with Crippen LogP contribution in [0.15, 0.2) is 12.7 Å². The van der Waals surface area contributed by atoms with Gasteiger partial charge in [0.05, 0.1) is 6.04 Å². The fraction of sp³-hybridized carbons (Fsp3) is 0.500. The maximum atomic E-state index is 5.24. The summed E-state index contributed by atoms with van der Waals surface area (Å²) in [5, 5.41) is 1.73. The first-order valence-corrected chi connectivity index (χ1v) is 1.98. The van der Waals surface area contributed by atoms with Crippen LogP contribution in [0.1, 0.15) is 0 Å². The molecule has 0 radical (unpaired) electrons. The normalized spacial score (nSPS) is 42.2. The molecule has 0 amide bonds. The molecule has 2 nitrogen and oxygen atoms in total. The maximum absolute atomic E-state index is 5.24. The zero-order valence-corrected chi connectivity index (χ0v) is 3.59. The Balaban J connectivity index is 2.25. The van der Waals surface area contributed by atoms with Crippen LogP contribution in [0.5, 0.6) is 0 Å². The lowest BCUT2D eigenvalue weighted by Gasteiger charge is -1.79. The van der Waals surface area contributed by atoms with Crippen molar-refractivity contribution in [3.05, 3.63) is 12.7 Å². The molecule has 1 heterocycles. The van der Waals surface area contributed by atoms with Crippen LogP contribution in [-0.2, 0) is 0 Å². The molecule has 0 bridgehead atoms. The molecule has 34 valence electrons. The molecule has 0 aliphatic carbocycles. The van der Waals surface area contributed by atoms with Crippen molar-refractivity contribution in [3.63, 3.8) is 0 Å². The van der Waals surface area contributed by atoms with E-state index < -0.39 is 0 Å². The smallest absolute Gasteiger partial charge is 0.0560 e. The zero-order valence-electron chi connectivity index (χ0n) is 3.59. The number of hydrazine groups is 1. The second-order valence-corrected chi connectivity index (χ2v) is 1.50. The summed E-state index contributed by atoms with van der Waals surface area (Å²) in [5.41, 5.74) is 0. The highest BCUT2D eigenvalue weighted by Crippen LogP contribution is 2.09. The number of rotatable bonds is 1. The van der Waals surface area contributed by atoms with Crippen LogP contribution < -0.4 is 5.84 Å². The van der Waals surface area contributed by atoms with E-state index in [1.807, 2.05) is 6.08 Å². The fourth-order valence-electron chi connectivity index (χ4n) is 0.379. The Kier molecular flexibility index (Phi) is 0.680. The standard InChI is InChI=1S/C4H8N2/c1-2-4-3-6(4)5/h2,4H,1,3,5H2.